The molecule has 1 aliphatic rings. The van der Waals surface area contributed by atoms with Crippen molar-refractivity contribution < 1.29 is 9.13 Å². The highest BCUT2D eigenvalue weighted by Crippen LogP contribution is 2.17. The Morgan fingerprint density at radius 1 is 1.34 bits per heavy atom. The molecule has 1 aliphatic heterocycles. The highest BCUT2D eigenvalue weighted by Gasteiger charge is 2.18. The highest BCUT2D eigenvalue weighted by atomic mass is 19.1. The van der Waals surface area contributed by atoms with Gasteiger partial charge in [0.2, 0.25) is 0 Å². The minimum atomic E-state index is -0.223. The summed E-state index contributed by atoms with van der Waals surface area (Å²) in [5.74, 6) is 1.53. The fraction of sp³-hybridized carbons (Fsp3) is 0.455. The zero-order chi connectivity index (χ0) is 20.6. The van der Waals surface area contributed by atoms with E-state index in [1.165, 1.54) is 6.07 Å². The number of nitrogens with zero attached hydrogens (tertiary/aromatic N) is 4. The number of guanidine groups is 1. The van der Waals surface area contributed by atoms with E-state index in [2.05, 4.69) is 28.2 Å². The lowest BCUT2D eigenvalue weighted by molar-refractivity contribution is 0.0529. The fourth-order valence-electron chi connectivity index (χ4n) is 3.38. The van der Waals surface area contributed by atoms with Crippen molar-refractivity contribution in [1.82, 2.24) is 15.2 Å². The Labute approximate surface area is 172 Å². The Balaban J connectivity index is 1.68. The van der Waals surface area contributed by atoms with E-state index in [0.717, 1.165) is 49.1 Å². The van der Waals surface area contributed by atoms with Gasteiger partial charge in [-0.25, -0.2) is 14.4 Å². The highest BCUT2D eigenvalue weighted by molar-refractivity contribution is 5.79. The normalized spacial score (nSPS) is 17.3. The molecule has 0 radical (unpaired) electrons. The van der Waals surface area contributed by atoms with Gasteiger partial charge in [-0.2, -0.15) is 0 Å². The second-order valence-electron chi connectivity index (χ2n) is 7.31. The number of nitrogens with one attached hydrogen (secondary N) is 1. The number of hydrogen-bond acceptors (Lipinski definition) is 4. The van der Waals surface area contributed by atoms with Crippen LogP contribution in [0.1, 0.15) is 25.0 Å². The number of pyridine rings is 1. The van der Waals surface area contributed by atoms with Gasteiger partial charge in [0.05, 0.1) is 19.3 Å². The molecule has 2 aromatic rings. The van der Waals surface area contributed by atoms with Gasteiger partial charge < -0.3 is 19.9 Å². The predicted octanol–water partition coefficient (Wildman–Crippen LogP) is 3.04. The van der Waals surface area contributed by atoms with Crippen molar-refractivity contribution in [2.75, 3.05) is 38.2 Å². The number of ether oxygens (including phenoxy) is 1. The maximum atomic E-state index is 13.5. The van der Waals surface area contributed by atoms with Gasteiger partial charge in [-0.05, 0) is 49.2 Å². The molecule has 29 heavy (non-hydrogen) atoms. The second-order valence-corrected chi connectivity index (χ2v) is 7.31. The summed E-state index contributed by atoms with van der Waals surface area (Å²) in [6.07, 6.45) is 2.05. The van der Waals surface area contributed by atoms with Crippen molar-refractivity contribution in [3.63, 3.8) is 0 Å². The average molecular weight is 400 g/mol. The van der Waals surface area contributed by atoms with Crippen LogP contribution in [0.25, 0.3) is 0 Å². The van der Waals surface area contributed by atoms with Crippen LogP contribution in [0.2, 0.25) is 0 Å². The van der Waals surface area contributed by atoms with Gasteiger partial charge in [0.1, 0.15) is 11.6 Å². The summed E-state index contributed by atoms with van der Waals surface area (Å²) in [7, 11) is 1.96. The average Bonchev–Trinajstić information content (AvgIpc) is 2.71. The molecule has 1 atom stereocenters. The van der Waals surface area contributed by atoms with Crippen LogP contribution >= 0.6 is 0 Å². The molecule has 1 N–H and O–H groups in total. The zero-order valence-electron chi connectivity index (χ0n) is 17.4. The number of aliphatic imine (C=N–C) groups is 1. The predicted molar refractivity (Wildman–Crippen MR) is 115 cm³/mol. The Kier molecular flexibility index (Phi) is 7.41. The van der Waals surface area contributed by atoms with Crippen LogP contribution in [-0.2, 0) is 17.8 Å². The van der Waals surface area contributed by atoms with Crippen LogP contribution in [0.3, 0.4) is 0 Å². The van der Waals surface area contributed by atoms with Gasteiger partial charge in [-0.15, -0.1) is 0 Å². The molecule has 7 heteroatoms. The third kappa shape index (κ3) is 6.15. The summed E-state index contributed by atoms with van der Waals surface area (Å²) in [6.45, 7) is 8.43. The second kappa shape index (κ2) is 10.2. The molecule has 0 aliphatic carbocycles. The lowest BCUT2D eigenvalue weighted by Crippen LogP contribution is -2.41. The molecule has 1 fully saturated rings. The quantitative estimate of drug-likeness (QED) is 0.598. The molecule has 6 nitrogen and oxygen atoms in total. The Hall–Kier alpha value is -2.67. The van der Waals surface area contributed by atoms with Crippen molar-refractivity contribution in [2.45, 2.75) is 33.0 Å². The molecule has 0 saturated carbocycles. The van der Waals surface area contributed by atoms with E-state index in [1.54, 1.807) is 12.1 Å². The van der Waals surface area contributed by atoms with Crippen molar-refractivity contribution in [1.29, 1.82) is 0 Å². The monoisotopic (exact) mass is 399 g/mol. The molecule has 1 aromatic heterocycles. The number of anilines is 1. The molecule has 1 unspecified atom stereocenters. The van der Waals surface area contributed by atoms with Gasteiger partial charge >= 0.3 is 0 Å². The first-order valence-electron chi connectivity index (χ1n) is 10.1. The number of halogens is 1. The molecule has 2 heterocycles. The van der Waals surface area contributed by atoms with Crippen LogP contribution in [0.5, 0.6) is 0 Å². The molecular formula is C22H30FN5O. The third-order valence-corrected chi connectivity index (χ3v) is 4.79. The van der Waals surface area contributed by atoms with Crippen LogP contribution in [0.4, 0.5) is 10.2 Å². The summed E-state index contributed by atoms with van der Waals surface area (Å²) in [5.41, 5.74) is 2.01. The maximum absolute atomic E-state index is 13.5. The lowest BCUT2D eigenvalue weighted by atomic mass is 10.2. The molecule has 156 valence electrons. The van der Waals surface area contributed by atoms with Gasteiger partial charge in [0.25, 0.3) is 0 Å². The van der Waals surface area contributed by atoms with Gasteiger partial charge in [-0.1, -0.05) is 12.1 Å². The molecule has 0 spiro atoms. The van der Waals surface area contributed by atoms with E-state index >= 15 is 0 Å². The Bertz CT molecular complexity index is 828. The van der Waals surface area contributed by atoms with Crippen molar-refractivity contribution in [2.24, 2.45) is 4.99 Å². The summed E-state index contributed by atoms with van der Waals surface area (Å²) < 4.78 is 19.1. The SMILES string of the molecule is CCNC(=NCc1ccnc(N2CCOC(C)C2)c1)N(C)Cc1cccc(F)c1. The first-order chi connectivity index (χ1) is 14.0. The molecular weight excluding hydrogens is 369 g/mol. The molecule has 0 bridgehead atoms. The number of rotatable bonds is 6. The van der Waals surface area contributed by atoms with Crippen LogP contribution in [-0.4, -0.2) is 55.2 Å². The fourth-order valence-corrected chi connectivity index (χ4v) is 3.38. The number of hydrogen-bond donors (Lipinski definition) is 1. The summed E-state index contributed by atoms with van der Waals surface area (Å²) >= 11 is 0. The maximum Gasteiger partial charge on any atom is 0.194 e. The summed E-state index contributed by atoms with van der Waals surface area (Å²) in [6, 6.07) is 10.7. The zero-order valence-corrected chi connectivity index (χ0v) is 17.4. The first kappa shape index (κ1) is 21.0. The smallest absolute Gasteiger partial charge is 0.194 e. The molecule has 3 rings (SSSR count). The first-order valence-corrected chi connectivity index (χ1v) is 10.1. The molecule has 1 aromatic carbocycles. The van der Waals surface area contributed by atoms with Crippen molar-refractivity contribution >= 4 is 11.8 Å². The van der Waals surface area contributed by atoms with Crippen molar-refractivity contribution in [3.8, 4) is 0 Å². The van der Waals surface area contributed by atoms with E-state index in [-0.39, 0.29) is 11.9 Å². The van der Waals surface area contributed by atoms with Crippen LogP contribution in [0, 0.1) is 5.82 Å². The van der Waals surface area contributed by atoms with Gasteiger partial charge in [0, 0.05) is 39.4 Å². The topological polar surface area (TPSA) is 53.0 Å². The van der Waals surface area contributed by atoms with E-state index in [1.807, 2.05) is 37.2 Å². The Morgan fingerprint density at radius 3 is 2.97 bits per heavy atom. The van der Waals surface area contributed by atoms with Crippen molar-refractivity contribution in [3.05, 3.63) is 59.5 Å². The molecule has 0 amide bonds. The number of benzene rings is 1. The van der Waals surface area contributed by atoms with E-state index in [4.69, 9.17) is 9.73 Å². The summed E-state index contributed by atoms with van der Waals surface area (Å²) in [5, 5.41) is 3.31. The van der Waals surface area contributed by atoms with E-state index in [9.17, 15) is 4.39 Å². The third-order valence-electron chi connectivity index (χ3n) is 4.79. The van der Waals surface area contributed by atoms with Gasteiger partial charge in [-0.3, -0.25) is 0 Å². The summed E-state index contributed by atoms with van der Waals surface area (Å²) in [4.78, 5) is 13.5. The number of morpholine rings is 1. The van der Waals surface area contributed by atoms with Gasteiger partial charge in [0.15, 0.2) is 5.96 Å². The minimum absolute atomic E-state index is 0.212. The molecule has 1 saturated heterocycles. The standard InChI is InChI=1S/C22H30FN5O/c1-4-24-22(27(3)16-19-6-5-7-20(23)12-19)26-14-18-8-9-25-21(13-18)28-10-11-29-17(2)15-28/h5-9,12-13,17H,4,10-11,14-16H2,1-3H3,(H,24,26). The van der Waals surface area contributed by atoms with E-state index < -0.39 is 0 Å². The van der Waals surface area contributed by atoms with Crippen LogP contribution in [0.15, 0.2) is 47.6 Å². The largest absolute Gasteiger partial charge is 0.375 e. The van der Waals surface area contributed by atoms with Crippen LogP contribution < -0.4 is 10.2 Å². The Morgan fingerprint density at radius 2 is 2.21 bits per heavy atom. The number of aromatic nitrogens is 1. The minimum Gasteiger partial charge on any atom is -0.375 e. The van der Waals surface area contributed by atoms with E-state index in [0.29, 0.717) is 13.1 Å². The lowest BCUT2D eigenvalue weighted by Gasteiger charge is -2.32.